The monoisotopic (exact) mass is 582 g/mol. The maximum absolute atomic E-state index is 14.5. The number of ether oxygens (including phenoxy) is 1. The molecule has 41 heavy (non-hydrogen) atoms. The van der Waals surface area contributed by atoms with Crippen molar-refractivity contribution in [1.82, 2.24) is 9.79 Å². The van der Waals surface area contributed by atoms with E-state index in [1.54, 1.807) is 63.2 Å². The van der Waals surface area contributed by atoms with Gasteiger partial charge in [-0.1, -0.05) is 73.7 Å². The van der Waals surface area contributed by atoms with Crippen LogP contribution in [-0.4, -0.2) is 48.0 Å². The number of aromatic hydroxyl groups is 1. The van der Waals surface area contributed by atoms with Crippen molar-refractivity contribution in [3.8, 4) is 11.5 Å². The Labute approximate surface area is 244 Å². The van der Waals surface area contributed by atoms with Crippen molar-refractivity contribution >= 4 is 16.1 Å². The topological polar surface area (TPSA) is 105 Å². The molecule has 1 amide bonds. The highest BCUT2D eigenvalue weighted by Gasteiger charge is 2.39. The second-order valence-corrected chi connectivity index (χ2v) is 13.0. The third kappa shape index (κ3) is 9.79. The van der Waals surface area contributed by atoms with Crippen LogP contribution in [0.4, 0.5) is 4.79 Å². The Morgan fingerprint density at radius 2 is 1.54 bits per heavy atom. The molecule has 0 saturated carbocycles. The number of sulfonamides is 1. The molecule has 0 aliphatic carbocycles. The number of carbonyl (C=O) groups excluding carboxylic acids is 1. The van der Waals surface area contributed by atoms with E-state index in [4.69, 9.17) is 9.57 Å². The summed E-state index contributed by atoms with van der Waals surface area (Å²) in [6.45, 7) is 7.64. The smallest absolute Gasteiger partial charge is 0.407 e. The molecule has 3 aromatic carbocycles. The number of para-hydroxylation sites is 2. The summed E-state index contributed by atoms with van der Waals surface area (Å²) < 4.78 is 35.4. The van der Waals surface area contributed by atoms with Crippen LogP contribution in [0, 0.1) is 0 Å². The van der Waals surface area contributed by atoms with Crippen LogP contribution < -0.4 is 10.2 Å². The molecule has 0 spiro atoms. The van der Waals surface area contributed by atoms with Crippen LogP contribution in [0.5, 0.6) is 11.5 Å². The molecule has 9 heteroatoms. The molecule has 0 radical (unpaired) electrons. The molecular formula is C32H42N2O6S. The summed E-state index contributed by atoms with van der Waals surface area (Å²) in [7, 11) is -4.05. The van der Waals surface area contributed by atoms with Gasteiger partial charge in [0.2, 0.25) is 10.0 Å². The molecular weight excluding hydrogens is 540 g/mol. The van der Waals surface area contributed by atoms with Crippen LogP contribution in [0.15, 0.2) is 84.9 Å². The van der Waals surface area contributed by atoms with E-state index in [2.05, 4.69) is 5.32 Å². The molecule has 0 saturated heterocycles. The van der Waals surface area contributed by atoms with Gasteiger partial charge in [-0.25, -0.2) is 13.2 Å². The van der Waals surface area contributed by atoms with E-state index in [1.165, 1.54) is 0 Å². The van der Waals surface area contributed by atoms with E-state index in [0.29, 0.717) is 30.6 Å². The molecule has 0 aromatic heterocycles. The van der Waals surface area contributed by atoms with Crippen LogP contribution in [-0.2, 0) is 21.2 Å². The average Bonchev–Trinajstić information content (AvgIpc) is 2.93. The highest BCUT2D eigenvalue weighted by molar-refractivity contribution is 7.89. The van der Waals surface area contributed by atoms with Crippen LogP contribution in [0.25, 0.3) is 0 Å². The third-order valence-electron chi connectivity index (χ3n) is 6.51. The average molecular weight is 583 g/mol. The minimum absolute atomic E-state index is 0.123. The highest BCUT2D eigenvalue weighted by atomic mass is 32.2. The summed E-state index contributed by atoms with van der Waals surface area (Å²) in [4.78, 5) is 18.3. The molecule has 0 heterocycles. The van der Waals surface area contributed by atoms with Crippen LogP contribution >= 0.6 is 0 Å². The van der Waals surface area contributed by atoms with E-state index in [0.717, 1.165) is 10.0 Å². The fourth-order valence-corrected chi connectivity index (χ4v) is 6.70. The number of benzene rings is 3. The molecule has 2 N–H and O–H groups in total. The minimum atomic E-state index is -4.05. The maximum Gasteiger partial charge on any atom is 0.407 e. The highest BCUT2D eigenvalue weighted by Crippen LogP contribution is 2.34. The third-order valence-corrected chi connectivity index (χ3v) is 8.67. The van der Waals surface area contributed by atoms with Crippen molar-refractivity contribution in [3.05, 3.63) is 96.1 Å². The lowest BCUT2D eigenvalue weighted by Gasteiger charge is -2.32. The molecule has 0 fully saturated rings. The zero-order valence-electron chi connectivity index (χ0n) is 24.3. The predicted molar refractivity (Wildman–Crippen MR) is 161 cm³/mol. The number of alkyl carbamates (subject to hydrolysis) is 1. The van der Waals surface area contributed by atoms with Gasteiger partial charge in [0.25, 0.3) is 0 Å². The Hall–Kier alpha value is -3.56. The van der Waals surface area contributed by atoms with Gasteiger partial charge in [-0.2, -0.15) is 0 Å². The second kappa shape index (κ2) is 14.9. The molecule has 0 aliphatic rings. The number of nitrogens with zero attached hydrogens (tertiary/aromatic N) is 1. The Kier molecular flexibility index (Phi) is 11.6. The van der Waals surface area contributed by atoms with Crippen molar-refractivity contribution < 1.29 is 27.9 Å². The first-order valence-corrected chi connectivity index (χ1v) is 15.5. The van der Waals surface area contributed by atoms with Gasteiger partial charge < -0.3 is 20.0 Å². The Morgan fingerprint density at radius 1 is 0.927 bits per heavy atom. The zero-order valence-corrected chi connectivity index (χ0v) is 25.1. The van der Waals surface area contributed by atoms with E-state index in [9.17, 15) is 18.3 Å². The van der Waals surface area contributed by atoms with Crippen molar-refractivity contribution in [2.75, 3.05) is 13.1 Å². The van der Waals surface area contributed by atoms with E-state index >= 15 is 0 Å². The fourth-order valence-electron chi connectivity index (χ4n) is 4.65. The first-order chi connectivity index (χ1) is 19.5. The van der Waals surface area contributed by atoms with Gasteiger partial charge in [0.1, 0.15) is 17.1 Å². The Bertz CT molecular complexity index is 1330. The van der Waals surface area contributed by atoms with Crippen molar-refractivity contribution in [1.29, 1.82) is 0 Å². The first-order valence-electron chi connectivity index (χ1n) is 14.0. The van der Waals surface area contributed by atoms with Crippen molar-refractivity contribution in [3.63, 3.8) is 0 Å². The standard InChI is InChI=1S/C32H42N2O6S/c1-5-24-34(40-27-17-10-7-11-18-27)41(37,38)30(21-20-26-16-12-13-19-29(26)35)28(25-14-8-6-9-15-25)22-23-33-31(36)39-32(2,3)4/h6-19,28,30,35H,5,20-24H2,1-4H3,(H,33,36)/t28?,30-/m0/s1. The molecule has 222 valence electrons. The molecule has 2 atom stereocenters. The van der Waals surface area contributed by atoms with Gasteiger partial charge in [0.15, 0.2) is 0 Å². The van der Waals surface area contributed by atoms with Gasteiger partial charge in [0.05, 0.1) is 11.8 Å². The lowest BCUT2D eigenvalue weighted by molar-refractivity contribution is 0.0342. The molecule has 3 rings (SSSR count). The largest absolute Gasteiger partial charge is 0.508 e. The Morgan fingerprint density at radius 3 is 2.15 bits per heavy atom. The van der Waals surface area contributed by atoms with Gasteiger partial charge in [-0.3, -0.25) is 0 Å². The molecule has 0 bridgehead atoms. The number of rotatable bonds is 14. The van der Waals surface area contributed by atoms with Crippen LogP contribution in [0.3, 0.4) is 0 Å². The number of hydrogen-bond donors (Lipinski definition) is 2. The summed E-state index contributed by atoms with van der Waals surface area (Å²) in [5, 5.41) is 12.3. The number of nitrogens with one attached hydrogen (secondary N) is 1. The number of hydroxylamine groups is 1. The predicted octanol–water partition coefficient (Wildman–Crippen LogP) is 6.43. The molecule has 0 aliphatic heterocycles. The van der Waals surface area contributed by atoms with E-state index in [-0.39, 0.29) is 25.3 Å². The summed E-state index contributed by atoms with van der Waals surface area (Å²) in [5.74, 6) is 0.0602. The Balaban J connectivity index is 1.98. The van der Waals surface area contributed by atoms with Gasteiger partial charge in [-0.05, 0) is 80.2 Å². The van der Waals surface area contributed by atoms with E-state index in [1.807, 2.05) is 49.4 Å². The quantitative estimate of drug-likeness (QED) is 0.212. The zero-order chi connectivity index (χ0) is 29.9. The second-order valence-electron chi connectivity index (χ2n) is 10.9. The molecule has 1 unspecified atom stereocenters. The number of amides is 1. The lowest BCUT2D eigenvalue weighted by atomic mass is 9.89. The summed E-state index contributed by atoms with van der Waals surface area (Å²) in [6.07, 6.45) is 0.904. The summed E-state index contributed by atoms with van der Waals surface area (Å²) in [6, 6.07) is 25.2. The van der Waals surface area contributed by atoms with Gasteiger partial charge >= 0.3 is 6.09 Å². The summed E-state index contributed by atoms with van der Waals surface area (Å²) in [5.41, 5.74) is 0.847. The van der Waals surface area contributed by atoms with Crippen molar-refractivity contribution in [2.45, 2.75) is 70.1 Å². The summed E-state index contributed by atoms with van der Waals surface area (Å²) >= 11 is 0. The SMILES string of the molecule is CCCN(Oc1ccccc1)S(=O)(=O)[C@@H](CCc1ccccc1O)C(CCNC(=O)OC(C)(C)C)c1ccccc1. The number of phenols is 1. The normalized spacial score (nSPS) is 13.4. The maximum atomic E-state index is 14.5. The lowest BCUT2D eigenvalue weighted by Crippen LogP contribution is -2.45. The molecule has 8 nitrogen and oxygen atoms in total. The minimum Gasteiger partial charge on any atom is -0.508 e. The molecule has 3 aromatic rings. The van der Waals surface area contributed by atoms with Gasteiger partial charge in [0, 0.05) is 12.5 Å². The number of hydrogen-bond acceptors (Lipinski definition) is 6. The number of carbonyl (C=O) groups is 1. The number of phenolic OH excluding ortho intramolecular Hbond substituents is 1. The first kappa shape index (κ1) is 32.0. The van der Waals surface area contributed by atoms with Crippen LogP contribution in [0.1, 0.15) is 64.0 Å². The number of aryl methyl sites for hydroxylation is 1. The fraction of sp³-hybridized carbons (Fsp3) is 0.406. The van der Waals surface area contributed by atoms with Gasteiger partial charge in [-0.15, -0.1) is 0 Å². The van der Waals surface area contributed by atoms with Crippen molar-refractivity contribution in [2.24, 2.45) is 0 Å². The van der Waals surface area contributed by atoms with E-state index < -0.39 is 32.9 Å². The van der Waals surface area contributed by atoms with Crippen LogP contribution in [0.2, 0.25) is 0 Å².